The SMILES string of the molecule is Nc1nccnc1Nc1c(F)cc(F)cc1Cl. The summed E-state index contributed by atoms with van der Waals surface area (Å²) in [6.45, 7) is 0. The molecule has 0 radical (unpaired) electrons. The number of hydrogen-bond donors (Lipinski definition) is 2. The Morgan fingerprint density at radius 3 is 2.53 bits per heavy atom. The highest BCUT2D eigenvalue weighted by atomic mass is 35.5. The van der Waals surface area contributed by atoms with E-state index in [9.17, 15) is 8.78 Å². The second-order valence-corrected chi connectivity index (χ2v) is 3.57. The van der Waals surface area contributed by atoms with Crippen LogP contribution in [0.4, 0.5) is 26.1 Å². The summed E-state index contributed by atoms with van der Waals surface area (Å²) in [7, 11) is 0. The molecule has 0 bridgehead atoms. The molecule has 1 aromatic heterocycles. The average Bonchev–Trinajstić information content (AvgIpc) is 2.25. The van der Waals surface area contributed by atoms with E-state index >= 15 is 0 Å². The van der Waals surface area contributed by atoms with Gasteiger partial charge in [-0.05, 0) is 6.07 Å². The molecule has 0 aliphatic rings. The van der Waals surface area contributed by atoms with Crippen LogP contribution in [-0.4, -0.2) is 9.97 Å². The van der Waals surface area contributed by atoms with Gasteiger partial charge in [-0.3, -0.25) is 0 Å². The summed E-state index contributed by atoms with van der Waals surface area (Å²) in [6, 6.07) is 1.69. The van der Waals surface area contributed by atoms with Crippen LogP contribution in [0.1, 0.15) is 0 Å². The van der Waals surface area contributed by atoms with E-state index in [1.54, 1.807) is 0 Å². The minimum absolute atomic E-state index is 0.0901. The van der Waals surface area contributed by atoms with Gasteiger partial charge in [0.2, 0.25) is 0 Å². The van der Waals surface area contributed by atoms with Crippen molar-refractivity contribution in [2.75, 3.05) is 11.1 Å². The standard InChI is InChI=1S/C10H7ClF2N4/c11-6-3-5(12)4-7(13)8(6)17-10-9(14)15-1-2-16-10/h1-4H,(H2,14,15)(H,16,17). The van der Waals surface area contributed by atoms with Crippen molar-refractivity contribution in [2.45, 2.75) is 0 Å². The van der Waals surface area contributed by atoms with Crippen LogP contribution in [0, 0.1) is 11.6 Å². The third-order valence-electron chi connectivity index (χ3n) is 1.98. The van der Waals surface area contributed by atoms with Crippen molar-refractivity contribution >= 4 is 28.9 Å². The number of halogens is 3. The first-order chi connectivity index (χ1) is 8.08. The van der Waals surface area contributed by atoms with Gasteiger partial charge in [0.1, 0.15) is 5.82 Å². The molecule has 1 aromatic carbocycles. The first-order valence-electron chi connectivity index (χ1n) is 4.56. The molecule has 3 N–H and O–H groups in total. The number of nitrogen functional groups attached to an aromatic ring is 1. The topological polar surface area (TPSA) is 63.8 Å². The van der Waals surface area contributed by atoms with E-state index in [0.29, 0.717) is 6.07 Å². The summed E-state index contributed by atoms with van der Waals surface area (Å²) >= 11 is 5.71. The predicted molar refractivity (Wildman–Crippen MR) is 61.1 cm³/mol. The van der Waals surface area contributed by atoms with Gasteiger partial charge >= 0.3 is 0 Å². The number of nitrogens with one attached hydrogen (secondary N) is 1. The Morgan fingerprint density at radius 1 is 1.18 bits per heavy atom. The summed E-state index contributed by atoms with van der Waals surface area (Å²) < 4.78 is 26.3. The van der Waals surface area contributed by atoms with Crippen LogP contribution in [0.5, 0.6) is 0 Å². The lowest BCUT2D eigenvalue weighted by Gasteiger charge is -2.09. The molecule has 0 fully saturated rings. The van der Waals surface area contributed by atoms with Crippen LogP contribution < -0.4 is 11.1 Å². The third kappa shape index (κ3) is 2.42. The Balaban J connectivity index is 2.40. The largest absolute Gasteiger partial charge is 0.381 e. The normalized spacial score (nSPS) is 10.3. The minimum atomic E-state index is -0.833. The minimum Gasteiger partial charge on any atom is -0.381 e. The van der Waals surface area contributed by atoms with Crippen molar-refractivity contribution < 1.29 is 8.78 Å². The summed E-state index contributed by atoms with van der Waals surface area (Å²) in [5.41, 5.74) is 5.43. The maximum absolute atomic E-state index is 13.5. The molecule has 88 valence electrons. The van der Waals surface area contributed by atoms with Crippen LogP contribution in [0.25, 0.3) is 0 Å². The predicted octanol–water partition coefficient (Wildman–Crippen LogP) is 2.73. The molecule has 17 heavy (non-hydrogen) atoms. The van der Waals surface area contributed by atoms with Crippen molar-refractivity contribution in [3.8, 4) is 0 Å². The summed E-state index contributed by atoms with van der Waals surface area (Å²) in [6.07, 6.45) is 2.77. The van der Waals surface area contributed by atoms with Crippen LogP contribution in [0.15, 0.2) is 24.5 Å². The highest BCUT2D eigenvalue weighted by Gasteiger charge is 2.12. The highest BCUT2D eigenvalue weighted by Crippen LogP contribution is 2.29. The van der Waals surface area contributed by atoms with Crippen LogP contribution >= 0.6 is 11.6 Å². The number of nitrogens with zero attached hydrogens (tertiary/aromatic N) is 2. The Kier molecular flexibility index (Phi) is 3.06. The molecule has 0 unspecified atom stereocenters. The van der Waals surface area contributed by atoms with E-state index < -0.39 is 11.6 Å². The maximum Gasteiger partial charge on any atom is 0.173 e. The number of aromatic nitrogens is 2. The monoisotopic (exact) mass is 256 g/mol. The molecule has 0 aliphatic carbocycles. The number of hydrogen-bond acceptors (Lipinski definition) is 4. The van der Waals surface area contributed by atoms with E-state index in [4.69, 9.17) is 17.3 Å². The fourth-order valence-electron chi connectivity index (χ4n) is 1.23. The molecule has 7 heteroatoms. The van der Waals surface area contributed by atoms with Crippen LogP contribution in [0.2, 0.25) is 5.02 Å². The van der Waals surface area contributed by atoms with Crippen molar-refractivity contribution in [3.05, 3.63) is 41.2 Å². The molecule has 0 atom stereocenters. The first kappa shape index (κ1) is 11.5. The number of nitrogens with two attached hydrogens (primary N) is 1. The molecule has 0 amide bonds. The quantitative estimate of drug-likeness (QED) is 0.867. The van der Waals surface area contributed by atoms with Gasteiger partial charge in [0.25, 0.3) is 0 Å². The van der Waals surface area contributed by atoms with Gasteiger partial charge in [-0.25, -0.2) is 18.7 Å². The average molecular weight is 257 g/mol. The van der Waals surface area contributed by atoms with Crippen molar-refractivity contribution in [2.24, 2.45) is 0 Å². The lowest BCUT2D eigenvalue weighted by molar-refractivity contribution is 0.586. The van der Waals surface area contributed by atoms with Gasteiger partial charge in [-0.15, -0.1) is 0 Å². The Bertz CT molecular complexity index is 539. The number of rotatable bonds is 2. The van der Waals surface area contributed by atoms with E-state index in [2.05, 4.69) is 15.3 Å². The summed E-state index contributed by atoms with van der Waals surface area (Å²) in [4.78, 5) is 7.63. The van der Waals surface area contributed by atoms with Gasteiger partial charge in [0.15, 0.2) is 17.5 Å². The molecule has 0 aliphatic heterocycles. The Morgan fingerprint density at radius 2 is 1.88 bits per heavy atom. The lowest BCUT2D eigenvalue weighted by atomic mass is 10.3. The molecular formula is C10H7ClF2N4. The van der Waals surface area contributed by atoms with Gasteiger partial charge in [0, 0.05) is 18.5 Å². The molecule has 2 rings (SSSR count). The second kappa shape index (κ2) is 4.50. The number of anilines is 3. The second-order valence-electron chi connectivity index (χ2n) is 3.16. The van der Waals surface area contributed by atoms with E-state index in [1.807, 2.05) is 0 Å². The maximum atomic E-state index is 13.5. The summed E-state index contributed by atoms with van der Waals surface area (Å²) in [5, 5.41) is 2.46. The smallest absolute Gasteiger partial charge is 0.173 e. The zero-order valence-electron chi connectivity index (χ0n) is 8.42. The van der Waals surface area contributed by atoms with Crippen molar-refractivity contribution in [1.82, 2.24) is 9.97 Å². The van der Waals surface area contributed by atoms with E-state index in [1.165, 1.54) is 12.4 Å². The van der Waals surface area contributed by atoms with Crippen LogP contribution in [-0.2, 0) is 0 Å². The third-order valence-corrected chi connectivity index (χ3v) is 2.27. The van der Waals surface area contributed by atoms with Gasteiger partial charge < -0.3 is 11.1 Å². The lowest BCUT2D eigenvalue weighted by Crippen LogP contribution is -2.03. The van der Waals surface area contributed by atoms with Gasteiger partial charge in [-0.2, -0.15) is 0 Å². The first-order valence-corrected chi connectivity index (χ1v) is 4.94. The molecule has 0 spiro atoms. The fourth-order valence-corrected chi connectivity index (χ4v) is 1.47. The van der Waals surface area contributed by atoms with Gasteiger partial charge in [-0.1, -0.05) is 11.6 Å². The molecule has 0 saturated heterocycles. The molecule has 4 nitrogen and oxygen atoms in total. The zero-order valence-corrected chi connectivity index (χ0v) is 9.17. The molecular weight excluding hydrogens is 250 g/mol. The van der Waals surface area contributed by atoms with E-state index in [0.717, 1.165) is 6.07 Å². The Labute approximate surface area is 100 Å². The van der Waals surface area contributed by atoms with Crippen LogP contribution in [0.3, 0.4) is 0 Å². The number of benzene rings is 1. The summed E-state index contributed by atoms with van der Waals surface area (Å²) in [5.74, 6) is -1.35. The highest BCUT2D eigenvalue weighted by molar-refractivity contribution is 6.33. The van der Waals surface area contributed by atoms with Crippen molar-refractivity contribution in [1.29, 1.82) is 0 Å². The van der Waals surface area contributed by atoms with E-state index in [-0.39, 0.29) is 22.3 Å². The fraction of sp³-hybridized carbons (Fsp3) is 0. The van der Waals surface area contributed by atoms with Crippen molar-refractivity contribution in [3.63, 3.8) is 0 Å². The molecule has 0 saturated carbocycles. The van der Waals surface area contributed by atoms with Gasteiger partial charge in [0.05, 0.1) is 10.7 Å². The Hall–Kier alpha value is -1.95. The molecule has 2 aromatic rings. The molecule has 1 heterocycles. The zero-order chi connectivity index (χ0) is 12.4.